The Kier molecular flexibility index (Phi) is 2.96. The van der Waals surface area contributed by atoms with Crippen molar-refractivity contribution in [1.29, 1.82) is 0 Å². The monoisotopic (exact) mass is 297 g/mol. The second-order valence-electron chi connectivity index (χ2n) is 5.39. The van der Waals surface area contributed by atoms with Crippen LogP contribution in [0.2, 0.25) is 0 Å². The number of rotatable bonds is 4. The smallest absolute Gasteiger partial charge is 0.309 e. The number of para-hydroxylation sites is 1. The number of nitrogens with zero attached hydrogens (tertiary/aromatic N) is 2. The molecule has 3 aromatic rings. The third-order valence-electron chi connectivity index (χ3n) is 3.88. The highest BCUT2D eigenvalue weighted by Gasteiger charge is 2.47. The molecule has 0 unspecified atom stereocenters. The molecule has 0 saturated heterocycles. The van der Waals surface area contributed by atoms with E-state index in [0.717, 1.165) is 17.4 Å². The largest absolute Gasteiger partial charge is 0.466 e. The van der Waals surface area contributed by atoms with E-state index in [4.69, 9.17) is 9.15 Å². The molecule has 2 atom stereocenters. The maximum Gasteiger partial charge on any atom is 0.309 e. The normalized spacial score (nSPS) is 20.2. The first kappa shape index (κ1) is 13.1. The summed E-state index contributed by atoms with van der Waals surface area (Å²) in [5.41, 5.74) is 0.805. The molecule has 0 spiro atoms. The van der Waals surface area contributed by atoms with Crippen molar-refractivity contribution in [3.05, 3.63) is 36.2 Å². The lowest BCUT2D eigenvalue weighted by atomic mass is 10.2. The van der Waals surface area contributed by atoms with Gasteiger partial charge in [-0.3, -0.25) is 9.89 Å². The number of H-pyrrole nitrogens is 1. The first-order valence-electron chi connectivity index (χ1n) is 7.34. The minimum atomic E-state index is -0.158. The van der Waals surface area contributed by atoms with Crippen LogP contribution in [0.4, 0.5) is 0 Å². The second kappa shape index (κ2) is 4.98. The predicted molar refractivity (Wildman–Crippen MR) is 79.1 cm³/mol. The molecule has 4 rings (SSSR count). The van der Waals surface area contributed by atoms with Crippen LogP contribution in [-0.4, -0.2) is 27.8 Å². The van der Waals surface area contributed by atoms with Crippen molar-refractivity contribution in [1.82, 2.24) is 15.2 Å². The van der Waals surface area contributed by atoms with Crippen LogP contribution in [0.5, 0.6) is 0 Å². The van der Waals surface area contributed by atoms with Gasteiger partial charge in [-0.2, -0.15) is 5.10 Å². The van der Waals surface area contributed by atoms with Gasteiger partial charge in [0.2, 0.25) is 5.82 Å². The van der Waals surface area contributed by atoms with E-state index in [9.17, 15) is 4.79 Å². The minimum Gasteiger partial charge on any atom is -0.466 e. The number of hydrogen-bond acceptors (Lipinski definition) is 5. The van der Waals surface area contributed by atoms with Gasteiger partial charge in [0.25, 0.3) is 0 Å². The summed E-state index contributed by atoms with van der Waals surface area (Å²) in [7, 11) is 0. The zero-order valence-electron chi connectivity index (χ0n) is 12.1. The maximum absolute atomic E-state index is 11.7. The topological polar surface area (TPSA) is 81.0 Å². The van der Waals surface area contributed by atoms with Crippen LogP contribution < -0.4 is 0 Å². The van der Waals surface area contributed by atoms with Gasteiger partial charge in [-0.25, -0.2) is 4.98 Å². The van der Waals surface area contributed by atoms with E-state index < -0.39 is 0 Å². The Labute approximate surface area is 126 Å². The van der Waals surface area contributed by atoms with Crippen molar-refractivity contribution < 1.29 is 13.9 Å². The molecule has 6 nitrogen and oxygen atoms in total. The average molecular weight is 297 g/mol. The molecule has 6 heteroatoms. The Balaban J connectivity index is 1.56. The summed E-state index contributed by atoms with van der Waals surface area (Å²) in [6.45, 7) is 2.21. The fourth-order valence-corrected chi connectivity index (χ4v) is 2.65. The predicted octanol–water partition coefficient (Wildman–Crippen LogP) is 2.88. The molecule has 1 fully saturated rings. The van der Waals surface area contributed by atoms with Crippen LogP contribution in [0.1, 0.15) is 25.1 Å². The lowest BCUT2D eigenvalue weighted by Gasteiger charge is -1.98. The van der Waals surface area contributed by atoms with E-state index >= 15 is 0 Å². The third kappa shape index (κ3) is 2.16. The molecule has 0 amide bonds. The van der Waals surface area contributed by atoms with Crippen molar-refractivity contribution >= 4 is 16.9 Å². The van der Waals surface area contributed by atoms with E-state index in [-0.39, 0.29) is 17.8 Å². The number of nitrogens with one attached hydrogen (secondary N) is 1. The van der Waals surface area contributed by atoms with Crippen LogP contribution in [0.25, 0.3) is 22.6 Å². The number of aromatic amines is 1. The number of carbonyl (C=O) groups is 1. The number of benzene rings is 1. The molecule has 1 aliphatic rings. The van der Waals surface area contributed by atoms with E-state index in [0.29, 0.717) is 24.0 Å². The number of carbonyl (C=O) groups excluding carboxylic acids is 1. The van der Waals surface area contributed by atoms with Gasteiger partial charge in [0, 0.05) is 11.3 Å². The zero-order chi connectivity index (χ0) is 15.1. The quantitative estimate of drug-likeness (QED) is 0.749. The van der Waals surface area contributed by atoms with Crippen LogP contribution in [0, 0.1) is 5.92 Å². The Morgan fingerprint density at radius 2 is 2.32 bits per heavy atom. The van der Waals surface area contributed by atoms with Crippen molar-refractivity contribution in [3.63, 3.8) is 0 Å². The number of fused-ring (bicyclic) bond motifs is 1. The first-order chi connectivity index (χ1) is 10.8. The van der Waals surface area contributed by atoms with Crippen LogP contribution in [0.15, 0.2) is 34.7 Å². The molecule has 2 heterocycles. The SMILES string of the molecule is CCOC(=O)[C@@H]1C[C@@H]1c1nc(-c2cc3ccccc3o2)n[nH]1. The number of furan rings is 1. The van der Waals surface area contributed by atoms with Crippen molar-refractivity contribution in [3.8, 4) is 11.6 Å². The van der Waals surface area contributed by atoms with Crippen molar-refractivity contribution in [2.75, 3.05) is 6.61 Å². The number of aromatic nitrogens is 3. The molecular weight excluding hydrogens is 282 g/mol. The third-order valence-corrected chi connectivity index (χ3v) is 3.88. The highest BCUT2D eigenvalue weighted by Crippen LogP contribution is 2.47. The summed E-state index contributed by atoms with van der Waals surface area (Å²) in [5, 5.41) is 8.12. The maximum atomic E-state index is 11.7. The van der Waals surface area contributed by atoms with Gasteiger partial charge < -0.3 is 9.15 Å². The van der Waals surface area contributed by atoms with E-state index in [2.05, 4.69) is 15.2 Å². The molecule has 0 radical (unpaired) electrons. The summed E-state index contributed by atoms with van der Waals surface area (Å²) in [4.78, 5) is 16.1. The van der Waals surface area contributed by atoms with Gasteiger partial charge in [0.05, 0.1) is 12.5 Å². The zero-order valence-corrected chi connectivity index (χ0v) is 12.1. The van der Waals surface area contributed by atoms with E-state index in [1.54, 1.807) is 0 Å². The van der Waals surface area contributed by atoms with Crippen LogP contribution >= 0.6 is 0 Å². The van der Waals surface area contributed by atoms with Crippen LogP contribution in [-0.2, 0) is 9.53 Å². The minimum absolute atomic E-state index is 0.0738. The standard InChI is InChI=1S/C16H15N3O3/c1-2-21-16(20)11-8-10(11)14-17-15(19-18-14)13-7-9-5-3-4-6-12(9)22-13/h3-7,10-11H,2,8H2,1H3,(H,17,18,19)/t10-,11+/m0/s1. The Hall–Kier alpha value is -2.63. The molecular formula is C16H15N3O3. The van der Waals surface area contributed by atoms with Crippen LogP contribution in [0.3, 0.4) is 0 Å². The van der Waals surface area contributed by atoms with Gasteiger partial charge in [-0.15, -0.1) is 0 Å². The summed E-state index contributed by atoms with van der Waals surface area (Å²) in [6.07, 6.45) is 0.758. The van der Waals surface area contributed by atoms with Gasteiger partial charge in [0.15, 0.2) is 5.76 Å². The molecule has 1 N–H and O–H groups in total. The average Bonchev–Trinajstić information content (AvgIpc) is 2.98. The lowest BCUT2D eigenvalue weighted by molar-refractivity contribution is -0.144. The number of esters is 1. The molecule has 1 aliphatic carbocycles. The van der Waals surface area contributed by atoms with E-state index in [1.165, 1.54) is 0 Å². The van der Waals surface area contributed by atoms with Gasteiger partial charge in [-0.05, 0) is 25.5 Å². The summed E-state index contributed by atoms with van der Waals surface area (Å²) in [5.74, 6) is 1.67. The molecule has 1 aromatic carbocycles. The Morgan fingerprint density at radius 3 is 3.14 bits per heavy atom. The molecule has 112 valence electrons. The summed E-state index contributed by atoms with van der Waals surface area (Å²) < 4.78 is 10.8. The molecule has 22 heavy (non-hydrogen) atoms. The summed E-state index contributed by atoms with van der Waals surface area (Å²) in [6, 6.07) is 9.68. The number of hydrogen-bond donors (Lipinski definition) is 1. The number of ether oxygens (including phenoxy) is 1. The van der Waals surface area contributed by atoms with Crippen molar-refractivity contribution in [2.45, 2.75) is 19.3 Å². The Bertz CT molecular complexity index is 803. The van der Waals surface area contributed by atoms with Gasteiger partial charge >= 0.3 is 5.97 Å². The fraction of sp³-hybridized carbons (Fsp3) is 0.312. The van der Waals surface area contributed by atoms with Crippen molar-refractivity contribution in [2.24, 2.45) is 5.92 Å². The Morgan fingerprint density at radius 1 is 1.45 bits per heavy atom. The van der Waals surface area contributed by atoms with Gasteiger partial charge in [-0.1, -0.05) is 18.2 Å². The molecule has 0 bridgehead atoms. The highest BCUT2D eigenvalue weighted by atomic mass is 16.5. The summed E-state index contributed by atoms with van der Waals surface area (Å²) >= 11 is 0. The highest BCUT2D eigenvalue weighted by molar-refractivity contribution is 5.81. The van der Waals surface area contributed by atoms with Gasteiger partial charge in [0.1, 0.15) is 11.4 Å². The molecule has 2 aromatic heterocycles. The van der Waals surface area contributed by atoms with E-state index in [1.807, 2.05) is 37.3 Å². The molecule has 1 saturated carbocycles. The second-order valence-corrected chi connectivity index (χ2v) is 5.39. The molecule has 0 aliphatic heterocycles. The fourth-order valence-electron chi connectivity index (χ4n) is 2.65. The lowest BCUT2D eigenvalue weighted by Crippen LogP contribution is -2.07. The first-order valence-corrected chi connectivity index (χ1v) is 7.34.